The number of nitrogens with zero attached hydrogens (tertiary/aromatic N) is 4. The van der Waals surface area contributed by atoms with Crippen LogP contribution in [0.3, 0.4) is 0 Å². The minimum absolute atomic E-state index is 0.487. The second-order valence-electron chi connectivity index (χ2n) is 6.25. The van der Waals surface area contributed by atoms with Crippen molar-refractivity contribution in [1.82, 2.24) is 0 Å². The molecule has 1 N–H and O–H groups in total. The lowest BCUT2D eigenvalue weighted by Crippen LogP contribution is -2.34. The molecular formula is C14H19N5O2S. The smallest absolute Gasteiger partial charge is 0.229 e. The highest BCUT2D eigenvalue weighted by molar-refractivity contribution is 7.92. The highest BCUT2D eigenvalue weighted by Gasteiger charge is 2.44. The fourth-order valence-electron chi connectivity index (χ4n) is 3.09. The van der Waals surface area contributed by atoms with Gasteiger partial charge < -0.3 is 4.90 Å². The fraction of sp³-hybridized carbons (Fsp3) is 0.571. The molecule has 118 valence electrons. The van der Waals surface area contributed by atoms with E-state index >= 15 is 0 Å². The largest absolute Gasteiger partial charge is 0.371 e. The summed E-state index contributed by atoms with van der Waals surface area (Å²) in [4.78, 5) is 5.05. The zero-order valence-corrected chi connectivity index (χ0v) is 13.3. The van der Waals surface area contributed by atoms with Crippen LogP contribution >= 0.6 is 0 Å². The zero-order chi connectivity index (χ0) is 15.8. The Balaban J connectivity index is 1.88. The molecular weight excluding hydrogens is 302 g/mol. The number of hydrogen-bond donors (Lipinski definition) is 1. The van der Waals surface area contributed by atoms with Gasteiger partial charge in [0.2, 0.25) is 10.0 Å². The van der Waals surface area contributed by atoms with Crippen molar-refractivity contribution in [2.75, 3.05) is 29.0 Å². The van der Waals surface area contributed by atoms with Crippen LogP contribution in [0.1, 0.15) is 25.7 Å². The molecule has 1 aromatic carbocycles. The number of piperidine rings is 1. The predicted octanol–water partition coefficient (Wildman–Crippen LogP) is 3.38. The highest BCUT2D eigenvalue weighted by Crippen LogP contribution is 2.54. The summed E-state index contributed by atoms with van der Waals surface area (Å²) in [6.45, 7) is 1.83. The Kier molecular flexibility index (Phi) is 3.66. The van der Waals surface area contributed by atoms with Gasteiger partial charge in [0, 0.05) is 23.7 Å². The second kappa shape index (κ2) is 5.37. The number of azide groups is 1. The quantitative estimate of drug-likeness (QED) is 0.523. The number of sulfonamides is 1. The first-order chi connectivity index (χ1) is 10.4. The number of benzene rings is 1. The minimum Gasteiger partial charge on any atom is -0.371 e. The topological polar surface area (TPSA) is 98.2 Å². The third kappa shape index (κ3) is 3.28. The van der Waals surface area contributed by atoms with Gasteiger partial charge in [0.1, 0.15) is 0 Å². The monoisotopic (exact) mass is 321 g/mol. The van der Waals surface area contributed by atoms with Crippen molar-refractivity contribution in [2.24, 2.45) is 10.5 Å². The number of anilines is 2. The summed E-state index contributed by atoms with van der Waals surface area (Å²) in [7, 11) is -3.33. The molecule has 1 heterocycles. The van der Waals surface area contributed by atoms with E-state index in [4.69, 9.17) is 5.53 Å². The second-order valence-corrected chi connectivity index (χ2v) is 8.00. The molecule has 0 radical (unpaired) electrons. The first-order valence-electron chi connectivity index (χ1n) is 7.33. The molecule has 1 spiro atoms. The van der Waals surface area contributed by atoms with Crippen LogP contribution in [0.5, 0.6) is 0 Å². The van der Waals surface area contributed by atoms with Crippen molar-refractivity contribution in [1.29, 1.82) is 0 Å². The van der Waals surface area contributed by atoms with Crippen LogP contribution in [0.4, 0.5) is 17.1 Å². The Bertz CT molecular complexity index is 726. The number of rotatable bonds is 4. The SMILES string of the molecule is CS(=O)(=O)Nc1ccc(N=[N+]=[N-])c(N2CCC3(CC2)CC3)c1. The standard InChI is InChI=1S/C14H19N5O2S/c1-22(20,21)17-11-2-3-12(16-18-15)13(10-11)19-8-6-14(4-5-14)7-9-19/h2-3,10,17H,4-9H2,1H3. The molecule has 2 aliphatic rings. The molecule has 1 aliphatic heterocycles. The maximum atomic E-state index is 11.4. The van der Waals surface area contributed by atoms with Crippen LogP contribution in [0.25, 0.3) is 10.4 Å². The van der Waals surface area contributed by atoms with Crippen molar-refractivity contribution < 1.29 is 8.42 Å². The summed E-state index contributed by atoms with van der Waals surface area (Å²) < 4.78 is 25.2. The zero-order valence-electron chi connectivity index (χ0n) is 12.5. The van der Waals surface area contributed by atoms with Gasteiger partial charge in [-0.1, -0.05) is 5.11 Å². The Morgan fingerprint density at radius 2 is 1.95 bits per heavy atom. The van der Waals surface area contributed by atoms with Gasteiger partial charge in [-0.25, -0.2) is 8.42 Å². The number of hydrogen-bond acceptors (Lipinski definition) is 4. The van der Waals surface area contributed by atoms with Crippen molar-refractivity contribution in [2.45, 2.75) is 25.7 Å². The Hall–Kier alpha value is -1.92. The molecule has 0 aromatic heterocycles. The average molecular weight is 321 g/mol. The van der Waals surface area contributed by atoms with E-state index in [1.165, 1.54) is 12.8 Å². The van der Waals surface area contributed by atoms with Crippen LogP contribution < -0.4 is 9.62 Å². The van der Waals surface area contributed by atoms with Gasteiger partial charge in [0.05, 0.1) is 17.6 Å². The average Bonchev–Trinajstić information content (AvgIpc) is 3.20. The molecule has 8 heteroatoms. The van der Waals surface area contributed by atoms with Crippen LogP contribution in [-0.4, -0.2) is 27.8 Å². The third-order valence-corrected chi connectivity index (χ3v) is 5.16. The summed E-state index contributed by atoms with van der Waals surface area (Å²) in [6.07, 6.45) is 6.05. The molecule has 7 nitrogen and oxygen atoms in total. The van der Waals surface area contributed by atoms with Crippen molar-refractivity contribution in [3.63, 3.8) is 0 Å². The van der Waals surface area contributed by atoms with E-state index in [2.05, 4.69) is 19.6 Å². The molecule has 0 bridgehead atoms. The van der Waals surface area contributed by atoms with Gasteiger partial charge in [0.25, 0.3) is 0 Å². The molecule has 0 unspecified atom stereocenters. The van der Waals surface area contributed by atoms with Gasteiger partial charge in [-0.3, -0.25) is 4.72 Å². The Labute approximate surface area is 130 Å². The normalized spacial score (nSPS) is 19.6. The number of nitrogens with one attached hydrogen (secondary N) is 1. The summed E-state index contributed by atoms with van der Waals surface area (Å²) in [5.74, 6) is 0. The minimum atomic E-state index is -3.33. The molecule has 0 atom stereocenters. The molecule has 1 aliphatic carbocycles. The van der Waals surface area contributed by atoms with E-state index in [0.29, 0.717) is 16.8 Å². The van der Waals surface area contributed by atoms with E-state index in [0.717, 1.165) is 37.9 Å². The van der Waals surface area contributed by atoms with E-state index < -0.39 is 10.0 Å². The first kappa shape index (κ1) is 15.0. The summed E-state index contributed by atoms with van der Waals surface area (Å²) >= 11 is 0. The maximum Gasteiger partial charge on any atom is 0.229 e. The Morgan fingerprint density at radius 1 is 1.27 bits per heavy atom. The van der Waals surface area contributed by atoms with E-state index in [1.807, 2.05) is 0 Å². The summed E-state index contributed by atoms with van der Waals surface area (Å²) in [6, 6.07) is 5.01. The molecule has 1 aromatic rings. The lowest BCUT2D eigenvalue weighted by molar-refractivity contribution is 0.384. The molecule has 1 saturated heterocycles. The molecule has 1 saturated carbocycles. The van der Waals surface area contributed by atoms with Crippen LogP contribution in [0.15, 0.2) is 23.3 Å². The molecule has 2 fully saturated rings. The van der Waals surface area contributed by atoms with Crippen LogP contribution in [0, 0.1) is 5.41 Å². The summed E-state index contributed by atoms with van der Waals surface area (Å²) in [5.41, 5.74) is 11.1. The van der Waals surface area contributed by atoms with E-state index in [9.17, 15) is 8.42 Å². The maximum absolute atomic E-state index is 11.4. The van der Waals surface area contributed by atoms with Crippen molar-refractivity contribution in [3.8, 4) is 0 Å². The van der Waals surface area contributed by atoms with Gasteiger partial charge in [-0.15, -0.1) is 0 Å². The fourth-order valence-corrected chi connectivity index (χ4v) is 3.64. The van der Waals surface area contributed by atoms with Crippen molar-refractivity contribution in [3.05, 3.63) is 28.6 Å². The first-order valence-corrected chi connectivity index (χ1v) is 9.22. The van der Waals surface area contributed by atoms with E-state index in [1.54, 1.807) is 18.2 Å². The lowest BCUT2D eigenvalue weighted by atomic mass is 9.93. The van der Waals surface area contributed by atoms with Gasteiger partial charge in [-0.2, -0.15) is 0 Å². The van der Waals surface area contributed by atoms with Crippen LogP contribution in [-0.2, 0) is 10.0 Å². The predicted molar refractivity (Wildman–Crippen MR) is 86.8 cm³/mol. The molecule has 0 amide bonds. The lowest BCUT2D eigenvalue weighted by Gasteiger charge is -2.34. The molecule has 22 heavy (non-hydrogen) atoms. The van der Waals surface area contributed by atoms with Gasteiger partial charge >= 0.3 is 0 Å². The third-order valence-electron chi connectivity index (χ3n) is 4.55. The summed E-state index contributed by atoms with van der Waals surface area (Å²) in [5, 5.41) is 3.73. The van der Waals surface area contributed by atoms with Crippen LogP contribution in [0.2, 0.25) is 0 Å². The van der Waals surface area contributed by atoms with Crippen molar-refractivity contribution >= 4 is 27.1 Å². The Morgan fingerprint density at radius 3 is 2.50 bits per heavy atom. The van der Waals surface area contributed by atoms with Gasteiger partial charge in [-0.05, 0) is 54.8 Å². The van der Waals surface area contributed by atoms with E-state index in [-0.39, 0.29) is 0 Å². The van der Waals surface area contributed by atoms with Gasteiger partial charge in [0.15, 0.2) is 0 Å². The highest BCUT2D eigenvalue weighted by atomic mass is 32.2. The molecule has 3 rings (SSSR count).